The Labute approximate surface area is 160 Å². The molecule has 6 rings (SSSR count). The zero-order valence-corrected chi connectivity index (χ0v) is 15.5. The second-order valence-electron chi connectivity index (χ2n) is 7.20. The van der Waals surface area contributed by atoms with Crippen LogP contribution in [0.5, 0.6) is 0 Å². The molecule has 2 atom stereocenters. The first-order chi connectivity index (χ1) is 13.2. The second-order valence-corrected chi connectivity index (χ2v) is 8.07. The van der Waals surface area contributed by atoms with Gasteiger partial charge in [-0.05, 0) is 30.9 Å². The Hall–Kier alpha value is -2.74. The Morgan fingerprint density at radius 2 is 2.00 bits per heavy atom. The molecule has 2 bridgehead atoms. The molecule has 27 heavy (non-hydrogen) atoms. The molecule has 0 spiro atoms. The van der Waals surface area contributed by atoms with Crippen LogP contribution in [0.1, 0.15) is 33.8 Å². The van der Waals surface area contributed by atoms with Gasteiger partial charge in [-0.25, -0.2) is 4.98 Å². The van der Waals surface area contributed by atoms with Crippen LogP contribution in [0.4, 0.5) is 0 Å². The monoisotopic (exact) mass is 381 g/mol. The lowest BCUT2D eigenvalue weighted by Crippen LogP contribution is -2.47. The number of thiazole rings is 1. The Kier molecular flexibility index (Phi) is 3.93. The topological polar surface area (TPSA) is 70.8 Å². The van der Waals surface area contributed by atoms with Crippen LogP contribution in [-0.2, 0) is 0 Å². The summed E-state index contributed by atoms with van der Waals surface area (Å²) in [7, 11) is 0. The van der Waals surface area contributed by atoms with Crippen molar-refractivity contribution in [2.24, 2.45) is 5.92 Å². The van der Waals surface area contributed by atoms with E-state index in [9.17, 15) is 9.59 Å². The van der Waals surface area contributed by atoms with Crippen molar-refractivity contribution in [3.05, 3.63) is 53.6 Å². The fourth-order valence-corrected chi connectivity index (χ4v) is 4.83. The summed E-state index contributed by atoms with van der Waals surface area (Å²) in [4.78, 5) is 39.2. The quantitative estimate of drug-likeness (QED) is 0.682. The molecule has 3 aliphatic heterocycles. The van der Waals surface area contributed by atoms with Gasteiger partial charge in [0.15, 0.2) is 4.96 Å². The van der Waals surface area contributed by atoms with Crippen molar-refractivity contribution in [3.8, 4) is 0 Å². The first-order valence-corrected chi connectivity index (χ1v) is 10.0. The van der Waals surface area contributed by atoms with Crippen LogP contribution in [0.3, 0.4) is 0 Å². The standard InChI is InChI=1S/C19H19N5O2S/c25-17(15-3-1-2-6-20-15)23-9-13-4-5-14(11-23)24(10-13)18(26)16-12-22-7-8-27-19(22)21-16/h1-3,6-8,12-14H,4-5,9-11H2/t13-,14+/m0/s1. The molecule has 0 radical (unpaired) electrons. The number of imidazole rings is 1. The van der Waals surface area contributed by atoms with E-state index in [0.29, 0.717) is 36.9 Å². The van der Waals surface area contributed by atoms with Gasteiger partial charge in [0.2, 0.25) is 0 Å². The van der Waals surface area contributed by atoms with Crippen LogP contribution in [-0.4, -0.2) is 61.7 Å². The van der Waals surface area contributed by atoms with Gasteiger partial charge in [-0.1, -0.05) is 6.07 Å². The second kappa shape index (κ2) is 6.45. The third-order valence-corrected chi connectivity index (χ3v) is 6.23. The van der Waals surface area contributed by atoms with Crippen molar-refractivity contribution in [1.82, 2.24) is 24.2 Å². The van der Waals surface area contributed by atoms with Crippen LogP contribution < -0.4 is 0 Å². The van der Waals surface area contributed by atoms with E-state index in [1.165, 1.54) is 11.3 Å². The molecule has 138 valence electrons. The average Bonchev–Trinajstić information content (AvgIpc) is 3.18. The molecule has 0 unspecified atom stereocenters. The van der Waals surface area contributed by atoms with E-state index in [-0.39, 0.29) is 17.9 Å². The summed E-state index contributed by atoms with van der Waals surface area (Å²) >= 11 is 1.51. The van der Waals surface area contributed by atoms with Gasteiger partial charge < -0.3 is 9.80 Å². The molecule has 3 saturated heterocycles. The molecule has 0 aromatic carbocycles. The third-order valence-electron chi connectivity index (χ3n) is 5.46. The maximum Gasteiger partial charge on any atom is 0.274 e. The summed E-state index contributed by atoms with van der Waals surface area (Å²) in [5.74, 6) is 0.209. The van der Waals surface area contributed by atoms with Gasteiger partial charge in [-0.3, -0.25) is 19.0 Å². The highest BCUT2D eigenvalue weighted by Crippen LogP contribution is 2.30. The molecule has 0 N–H and O–H groups in total. The predicted octanol–water partition coefficient (Wildman–Crippen LogP) is 2.17. The smallest absolute Gasteiger partial charge is 0.274 e. The Balaban J connectivity index is 1.38. The van der Waals surface area contributed by atoms with Crippen molar-refractivity contribution in [1.29, 1.82) is 0 Å². The van der Waals surface area contributed by atoms with Gasteiger partial charge in [0.1, 0.15) is 11.4 Å². The van der Waals surface area contributed by atoms with Crippen LogP contribution in [0.2, 0.25) is 0 Å². The summed E-state index contributed by atoms with van der Waals surface area (Å²) in [6.07, 6.45) is 7.30. The normalized spacial score (nSPS) is 22.2. The van der Waals surface area contributed by atoms with Crippen LogP contribution in [0.15, 0.2) is 42.2 Å². The number of fused-ring (bicyclic) bond motifs is 5. The minimum atomic E-state index is -0.0516. The van der Waals surface area contributed by atoms with Gasteiger partial charge in [0.25, 0.3) is 11.8 Å². The maximum absolute atomic E-state index is 13.1. The third kappa shape index (κ3) is 2.90. The fourth-order valence-electron chi connectivity index (χ4n) is 4.13. The minimum Gasteiger partial charge on any atom is -0.335 e. The molecule has 3 aromatic rings. The lowest BCUT2D eigenvalue weighted by molar-refractivity contribution is 0.0569. The number of nitrogens with zero attached hydrogens (tertiary/aromatic N) is 5. The first kappa shape index (κ1) is 16.4. The van der Waals surface area contributed by atoms with E-state index in [1.54, 1.807) is 24.5 Å². The number of pyridine rings is 1. The molecule has 3 aliphatic rings. The molecule has 6 heterocycles. The van der Waals surface area contributed by atoms with E-state index < -0.39 is 0 Å². The van der Waals surface area contributed by atoms with Gasteiger partial charge in [-0.15, -0.1) is 11.3 Å². The summed E-state index contributed by atoms with van der Waals surface area (Å²) < 4.78 is 1.88. The largest absolute Gasteiger partial charge is 0.335 e. The van der Waals surface area contributed by atoms with E-state index in [4.69, 9.17) is 0 Å². The number of piperidine rings is 1. The number of hydrogen-bond donors (Lipinski definition) is 0. The highest BCUT2D eigenvalue weighted by Gasteiger charge is 2.39. The van der Waals surface area contributed by atoms with Crippen molar-refractivity contribution in [2.75, 3.05) is 19.6 Å². The van der Waals surface area contributed by atoms with Crippen LogP contribution >= 0.6 is 11.3 Å². The fraction of sp³-hybridized carbons (Fsp3) is 0.368. The highest BCUT2D eigenvalue weighted by atomic mass is 32.1. The van der Waals surface area contributed by atoms with Gasteiger partial charge in [-0.2, -0.15) is 0 Å². The van der Waals surface area contributed by atoms with E-state index in [1.807, 2.05) is 31.8 Å². The average molecular weight is 381 g/mol. The van der Waals surface area contributed by atoms with Gasteiger partial charge in [0, 0.05) is 49.6 Å². The van der Waals surface area contributed by atoms with Crippen molar-refractivity contribution < 1.29 is 9.59 Å². The Bertz CT molecular complexity index is 969. The SMILES string of the molecule is O=C(c1ccccn1)N1C[C@@H]2CC[C@H](C1)N(C(=O)c1cn3ccsc3n1)C2. The van der Waals surface area contributed by atoms with Crippen molar-refractivity contribution in [3.63, 3.8) is 0 Å². The summed E-state index contributed by atoms with van der Waals surface area (Å²) in [5, 5.41) is 1.95. The Morgan fingerprint density at radius 3 is 2.81 bits per heavy atom. The van der Waals surface area contributed by atoms with E-state index in [0.717, 1.165) is 17.8 Å². The molecule has 0 aliphatic carbocycles. The first-order valence-electron chi connectivity index (χ1n) is 9.12. The molecule has 3 fully saturated rings. The number of carbonyl (C=O) groups is 2. The van der Waals surface area contributed by atoms with Crippen molar-refractivity contribution >= 4 is 28.1 Å². The molecule has 2 amide bonds. The Morgan fingerprint density at radius 1 is 1.07 bits per heavy atom. The zero-order valence-electron chi connectivity index (χ0n) is 14.7. The molecular weight excluding hydrogens is 362 g/mol. The van der Waals surface area contributed by atoms with Gasteiger partial charge >= 0.3 is 0 Å². The number of carbonyl (C=O) groups excluding carboxylic acids is 2. The maximum atomic E-state index is 13.1. The van der Waals surface area contributed by atoms with Gasteiger partial charge in [0.05, 0.1) is 0 Å². The summed E-state index contributed by atoms with van der Waals surface area (Å²) in [6.45, 7) is 1.91. The molecule has 8 heteroatoms. The lowest BCUT2D eigenvalue weighted by atomic mass is 9.95. The molecule has 3 aromatic heterocycles. The highest BCUT2D eigenvalue weighted by molar-refractivity contribution is 7.15. The summed E-state index contributed by atoms with van der Waals surface area (Å²) in [5.41, 5.74) is 0.947. The zero-order chi connectivity index (χ0) is 18.4. The number of aromatic nitrogens is 3. The molecule has 7 nitrogen and oxygen atoms in total. The van der Waals surface area contributed by atoms with Crippen molar-refractivity contribution in [2.45, 2.75) is 18.9 Å². The number of hydrogen-bond acceptors (Lipinski definition) is 5. The number of amides is 2. The summed E-state index contributed by atoms with van der Waals surface area (Å²) in [6, 6.07) is 5.41. The molecule has 0 saturated carbocycles. The predicted molar refractivity (Wildman–Crippen MR) is 101 cm³/mol. The number of rotatable bonds is 2. The van der Waals surface area contributed by atoms with E-state index in [2.05, 4.69) is 9.97 Å². The minimum absolute atomic E-state index is 0.0312. The van der Waals surface area contributed by atoms with Crippen LogP contribution in [0, 0.1) is 5.92 Å². The molecular formula is C19H19N5O2S. The van der Waals surface area contributed by atoms with Crippen LogP contribution in [0.25, 0.3) is 4.96 Å². The lowest BCUT2D eigenvalue weighted by Gasteiger charge is -2.35. The van der Waals surface area contributed by atoms with E-state index >= 15 is 0 Å².